The van der Waals surface area contributed by atoms with Gasteiger partial charge < -0.3 is 5.11 Å². The van der Waals surface area contributed by atoms with E-state index in [-0.39, 0.29) is 0 Å². The highest BCUT2D eigenvalue weighted by atomic mass is 16.4. The summed E-state index contributed by atoms with van der Waals surface area (Å²) in [5.74, 6) is -1.31. The Labute approximate surface area is 123 Å². The lowest BCUT2D eigenvalue weighted by molar-refractivity contribution is -0.138. The minimum absolute atomic E-state index is 0.514. The van der Waals surface area contributed by atoms with Crippen molar-refractivity contribution >= 4 is 16.7 Å². The number of fused-ring (bicyclic) bond motifs is 1. The predicted molar refractivity (Wildman–Crippen MR) is 85.4 cm³/mol. The zero-order valence-corrected chi connectivity index (χ0v) is 11.8. The highest BCUT2D eigenvalue weighted by molar-refractivity contribution is 6.00. The van der Waals surface area contributed by atoms with Gasteiger partial charge in [-0.2, -0.15) is 0 Å². The van der Waals surface area contributed by atoms with E-state index in [9.17, 15) is 9.90 Å². The largest absolute Gasteiger partial charge is 0.481 e. The first kappa shape index (κ1) is 13.4. The maximum atomic E-state index is 11.3. The van der Waals surface area contributed by atoms with E-state index in [1.54, 1.807) is 6.92 Å². The molecule has 104 valence electrons. The molecule has 0 aliphatic heterocycles. The Morgan fingerprint density at radius 1 is 0.857 bits per heavy atom. The van der Waals surface area contributed by atoms with E-state index >= 15 is 0 Å². The molecule has 3 aromatic rings. The van der Waals surface area contributed by atoms with Gasteiger partial charge in [0.1, 0.15) is 0 Å². The maximum Gasteiger partial charge on any atom is 0.310 e. The number of carboxylic acid groups (broad SMARTS) is 1. The molecule has 0 aliphatic rings. The standard InChI is InChI=1S/C19H16O2/c1-13(19(20)21)15-9-5-12-18-16(10-6-11-17(15)18)14-7-3-2-4-8-14/h2-13H,1H3,(H,20,21)/t13-/m1/s1. The second kappa shape index (κ2) is 5.41. The number of carbonyl (C=O) groups is 1. The van der Waals surface area contributed by atoms with E-state index in [1.807, 2.05) is 42.5 Å². The third kappa shape index (κ3) is 2.40. The van der Waals surface area contributed by atoms with Gasteiger partial charge in [-0.05, 0) is 34.4 Å². The molecule has 0 fully saturated rings. The highest BCUT2D eigenvalue weighted by Crippen LogP contribution is 2.32. The predicted octanol–water partition coefficient (Wildman–Crippen LogP) is 4.69. The summed E-state index contributed by atoms with van der Waals surface area (Å²) in [7, 11) is 0. The van der Waals surface area contributed by atoms with Crippen molar-refractivity contribution in [1.82, 2.24) is 0 Å². The molecule has 21 heavy (non-hydrogen) atoms. The zero-order valence-electron chi connectivity index (χ0n) is 11.8. The van der Waals surface area contributed by atoms with Gasteiger partial charge in [-0.3, -0.25) is 4.79 Å². The van der Waals surface area contributed by atoms with Gasteiger partial charge in [-0.1, -0.05) is 66.7 Å². The fraction of sp³-hybridized carbons (Fsp3) is 0.105. The van der Waals surface area contributed by atoms with E-state index in [2.05, 4.69) is 24.3 Å². The average Bonchev–Trinajstić information content (AvgIpc) is 2.53. The number of hydrogen-bond acceptors (Lipinski definition) is 1. The maximum absolute atomic E-state index is 11.3. The molecule has 0 spiro atoms. The third-order valence-electron chi connectivity index (χ3n) is 3.88. The van der Waals surface area contributed by atoms with Gasteiger partial charge in [0.2, 0.25) is 0 Å². The molecule has 0 bridgehead atoms. The zero-order chi connectivity index (χ0) is 14.8. The summed E-state index contributed by atoms with van der Waals surface area (Å²) in [6, 6.07) is 22.1. The monoisotopic (exact) mass is 276 g/mol. The Balaban J connectivity index is 2.26. The Hall–Kier alpha value is -2.61. The molecular formula is C19H16O2. The Morgan fingerprint density at radius 2 is 1.52 bits per heavy atom. The molecule has 0 amide bonds. The quantitative estimate of drug-likeness (QED) is 0.753. The number of rotatable bonds is 3. The van der Waals surface area contributed by atoms with Crippen molar-refractivity contribution in [1.29, 1.82) is 0 Å². The minimum atomic E-state index is -0.799. The number of hydrogen-bond donors (Lipinski definition) is 1. The number of carboxylic acids is 1. The van der Waals surface area contributed by atoms with Crippen LogP contribution in [0.15, 0.2) is 66.7 Å². The van der Waals surface area contributed by atoms with Gasteiger partial charge in [0.25, 0.3) is 0 Å². The van der Waals surface area contributed by atoms with E-state index in [0.717, 1.165) is 27.5 Å². The van der Waals surface area contributed by atoms with Crippen molar-refractivity contribution in [2.75, 3.05) is 0 Å². The van der Waals surface area contributed by atoms with Crippen molar-refractivity contribution in [3.63, 3.8) is 0 Å². The molecule has 2 nitrogen and oxygen atoms in total. The smallest absolute Gasteiger partial charge is 0.310 e. The lowest BCUT2D eigenvalue weighted by Gasteiger charge is -2.13. The van der Waals surface area contributed by atoms with Crippen molar-refractivity contribution < 1.29 is 9.90 Å². The lowest BCUT2D eigenvalue weighted by Crippen LogP contribution is -2.07. The van der Waals surface area contributed by atoms with Crippen LogP contribution in [0.25, 0.3) is 21.9 Å². The van der Waals surface area contributed by atoms with Crippen LogP contribution in [0, 0.1) is 0 Å². The number of aliphatic carboxylic acids is 1. The van der Waals surface area contributed by atoms with Gasteiger partial charge in [0.05, 0.1) is 5.92 Å². The Kier molecular flexibility index (Phi) is 3.44. The fourth-order valence-corrected chi connectivity index (χ4v) is 2.71. The summed E-state index contributed by atoms with van der Waals surface area (Å²) >= 11 is 0. The topological polar surface area (TPSA) is 37.3 Å². The highest BCUT2D eigenvalue weighted by Gasteiger charge is 2.17. The molecule has 0 aromatic heterocycles. The van der Waals surface area contributed by atoms with Crippen LogP contribution < -0.4 is 0 Å². The summed E-state index contributed by atoms with van der Waals surface area (Å²) in [5.41, 5.74) is 3.13. The first-order valence-corrected chi connectivity index (χ1v) is 6.98. The molecule has 0 heterocycles. The Bertz CT molecular complexity index is 791. The van der Waals surface area contributed by atoms with Crippen molar-refractivity contribution in [2.45, 2.75) is 12.8 Å². The van der Waals surface area contributed by atoms with E-state index in [0.29, 0.717) is 0 Å². The molecule has 0 aliphatic carbocycles. The van der Waals surface area contributed by atoms with E-state index in [1.165, 1.54) is 0 Å². The summed E-state index contributed by atoms with van der Waals surface area (Å²) in [6.07, 6.45) is 0. The summed E-state index contributed by atoms with van der Waals surface area (Å²) in [4.78, 5) is 11.3. The third-order valence-corrected chi connectivity index (χ3v) is 3.88. The molecule has 3 aromatic carbocycles. The van der Waals surface area contributed by atoms with Crippen LogP contribution in [0.3, 0.4) is 0 Å². The molecule has 2 heteroatoms. The first-order valence-electron chi connectivity index (χ1n) is 6.98. The van der Waals surface area contributed by atoms with Crippen LogP contribution in [-0.2, 0) is 4.79 Å². The summed E-state index contributed by atoms with van der Waals surface area (Å²) < 4.78 is 0. The molecule has 0 saturated carbocycles. The van der Waals surface area contributed by atoms with Crippen LogP contribution in [0.2, 0.25) is 0 Å². The van der Waals surface area contributed by atoms with Gasteiger partial charge in [-0.25, -0.2) is 0 Å². The van der Waals surface area contributed by atoms with Gasteiger partial charge in [0.15, 0.2) is 0 Å². The van der Waals surface area contributed by atoms with Gasteiger partial charge in [-0.15, -0.1) is 0 Å². The molecule has 0 unspecified atom stereocenters. The van der Waals surface area contributed by atoms with Crippen LogP contribution in [0.1, 0.15) is 18.4 Å². The van der Waals surface area contributed by atoms with Crippen LogP contribution >= 0.6 is 0 Å². The van der Waals surface area contributed by atoms with E-state index in [4.69, 9.17) is 0 Å². The molecular weight excluding hydrogens is 260 g/mol. The van der Waals surface area contributed by atoms with Gasteiger partial charge >= 0.3 is 5.97 Å². The molecule has 0 saturated heterocycles. The van der Waals surface area contributed by atoms with E-state index < -0.39 is 11.9 Å². The molecule has 1 atom stereocenters. The number of benzene rings is 3. The van der Waals surface area contributed by atoms with Crippen molar-refractivity contribution in [3.8, 4) is 11.1 Å². The normalized spacial score (nSPS) is 12.2. The van der Waals surface area contributed by atoms with Crippen LogP contribution in [-0.4, -0.2) is 11.1 Å². The SMILES string of the molecule is C[C@@H](C(=O)O)c1cccc2c(-c3ccccc3)cccc12. The first-order chi connectivity index (χ1) is 10.2. The van der Waals surface area contributed by atoms with Gasteiger partial charge in [0, 0.05) is 0 Å². The molecule has 0 radical (unpaired) electrons. The van der Waals surface area contributed by atoms with Crippen LogP contribution in [0.4, 0.5) is 0 Å². The minimum Gasteiger partial charge on any atom is -0.481 e. The second-order valence-electron chi connectivity index (χ2n) is 5.17. The van der Waals surface area contributed by atoms with Crippen molar-refractivity contribution in [3.05, 3.63) is 72.3 Å². The van der Waals surface area contributed by atoms with Crippen LogP contribution in [0.5, 0.6) is 0 Å². The summed E-state index contributed by atoms with van der Waals surface area (Å²) in [5, 5.41) is 11.4. The Morgan fingerprint density at radius 3 is 2.24 bits per heavy atom. The fourth-order valence-electron chi connectivity index (χ4n) is 2.71. The second-order valence-corrected chi connectivity index (χ2v) is 5.17. The molecule has 1 N–H and O–H groups in total. The summed E-state index contributed by atoms with van der Waals surface area (Å²) in [6.45, 7) is 1.73. The molecule has 3 rings (SSSR count). The lowest BCUT2D eigenvalue weighted by atomic mass is 9.91. The average molecular weight is 276 g/mol. The van der Waals surface area contributed by atoms with Crippen molar-refractivity contribution in [2.24, 2.45) is 0 Å².